The molecule has 192 valence electrons. The smallest absolute Gasteiger partial charge is 0.247 e. The molecule has 0 aliphatic carbocycles. The van der Waals surface area contributed by atoms with Crippen LogP contribution < -0.4 is 15.4 Å². The molecule has 6 atom stereocenters. The van der Waals surface area contributed by atoms with Crippen molar-refractivity contribution in [2.45, 2.75) is 71.2 Å². The number of likely N-dealkylation sites (tertiary alicyclic amines) is 1. The molecule has 3 heterocycles. The second-order valence-electron chi connectivity index (χ2n) is 10.00. The summed E-state index contributed by atoms with van der Waals surface area (Å²) < 4.78 is 6.27. The molecule has 1 aromatic rings. The minimum Gasteiger partial charge on any atom is -0.488 e. The molecule has 3 aliphatic heterocycles. The van der Waals surface area contributed by atoms with Crippen molar-refractivity contribution in [3.8, 4) is 5.75 Å². The summed E-state index contributed by atoms with van der Waals surface area (Å²) in [5.74, 6) is -0.0445. The molecule has 8 nitrogen and oxygen atoms in total. The number of benzene rings is 1. The second kappa shape index (κ2) is 11.7. The van der Waals surface area contributed by atoms with Crippen molar-refractivity contribution in [1.82, 2.24) is 20.4 Å². The third-order valence-electron chi connectivity index (χ3n) is 7.35. The summed E-state index contributed by atoms with van der Waals surface area (Å²) in [6.07, 6.45) is 4.98. The minimum absolute atomic E-state index is 0.0838. The molecule has 1 saturated heterocycles. The summed E-state index contributed by atoms with van der Waals surface area (Å²) in [6, 6.07) is 5.58. The van der Waals surface area contributed by atoms with E-state index in [0.29, 0.717) is 25.1 Å². The van der Waals surface area contributed by atoms with Crippen molar-refractivity contribution < 1.29 is 19.1 Å². The van der Waals surface area contributed by atoms with E-state index in [4.69, 9.17) is 4.74 Å². The predicted molar refractivity (Wildman–Crippen MR) is 136 cm³/mol. The molecule has 2 bridgehead atoms. The lowest BCUT2D eigenvalue weighted by molar-refractivity contribution is -0.145. The largest absolute Gasteiger partial charge is 0.488 e. The van der Waals surface area contributed by atoms with Crippen LogP contribution in [0.15, 0.2) is 30.5 Å². The van der Waals surface area contributed by atoms with E-state index in [-0.39, 0.29) is 35.6 Å². The Balaban J connectivity index is 2.00. The van der Waals surface area contributed by atoms with E-state index in [9.17, 15) is 14.4 Å². The molecule has 0 saturated carbocycles. The van der Waals surface area contributed by atoms with Gasteiger partial charge in [-0.25, -0.2) is 0 Å². The van der Waals surface area contributed by atoms with Gasteiger partial charge >= 0.3 is 0 Å². The third kappa shape index (κ3) is 6.04. The number of ether oxygens (including phenoxy) is 1. The number of fused-ring (bicyclic) bond motifs is 7. The molecular formula is C27H40N4O4. The summed E-state index contributed by atoms with van der Waals surface area (Å²) in [5, 5.41) is 5.76. The Bertz CT molecular complexity index is 930. The van der Waals surface area contributed by atoms with Crippen molar-refractivity contribution >= 4 is 23.8 Å². The zero-order chi connectivity index (χ0) is 25.7. The predicted octanol–water partition coefficient (Wildman–Crippen LogP) is 2.64. The Morgan fingerprint density at radius 1 is 1.11 bits per heavy atom. The maximum Gasteiger partial charge on any atom is 0.247 e. The van der Waals surface area contributed by atoms with E-state index in [1.54, 1.807) is 17.2 Å². The molecule has 0 aromatic heterocycles. The number of hydrogen-bond acceptors (Lipinski definition) is 5. The fraction of sp³-hybridized carbons (Fsp3) is 0.593. The van der Waals surface area contributed by atoms with Crippen LogP contribution in [-0.4, -0.2) is 72.4 Å². The zero-order valence-electron chi connectivity index (χ0n) is 21.8. The number of nitrogens with one attached hydrogen (secondary N) is 2. The Morgan fingerprint density at radius 3 is 2.40 bits per heavy atom. The summed E-state index contributed by atoms with van der Waals surface area (Å²) >= 11 is 0. The molecule has 2 N–H and O–H groups in total. The van der Waals surface area contributed by atoms with Gasteiger partial charge in [0.25, 0.3) is 0 Å². The van der Waals surface area contributed by atoms with E-state index in [2.05, 4.69) is 24.5 Å². The lowest BCUT2D eigenvalue weighted by Gasteiger charge is -2.36. The van der Waals surface area contributed by atoms with Gasteiger partial charge in [0.2, 0.25) is 17.7 Å². The van der Waals surface area contributed by atoms with Crippen LogP contribution in [0, 0.1) is 11.8 Å². The average molecular weight is 485 g/mol. The van der Waals surface area contributed by atoms with Gasteiger partial charge in [-0.1, -0.05) is 52.7 Å². The topological polar surface area (TPSA) is 91.0 Å². The number of likely N-dealkylation sites (N-methyl/N-ethyl adjacent to an activating group) is 1. The van der Waals surface area contributed by atoms with Gasteiger partial charge in [-0.05, 0) is 49.7 Å². The van der Waals surface area contributed by atoms with Crippen molar-refractivity contribution in [3.05, 3.63) is 36.0 Å². The first kappa shape index (κ1) is 26.7. The summed E-state index contributed by atoms with van der Waals surface area (Å²) in [5.41, 5.74) is 0.918. The van der Waals surface area contributed by atoms with Gasteiger partial charge in [0.15, 0.2) is 0 Å². The monoisotopic (exact) mass is 484 g/mol. The molecule has 35 heavy (non-hydrogen) atoms. The first-order valence-corrected chi connectivity index (χ1v) is 12.7. The van der Waals surface area contributed by atoms with Crippen LogP contribution in [0.25, 0.3) is 6.08 Å². The van der Waals surface area contributed by atoms with Crippen LogP contribution in [0.5, 0.6) is 5.75 Å². The zero-order valence-corrected chi connectivity index (χ0v) is 21.8. The Kier molecular flexibility index (Phi) is 8.94. The van der Waals surface area contributed by atoms with Gasteiger partial charge in [-0.2, -0.15) is 0 Å². The van der Waals surface area contributed by atoms with Gasteiger partial charge < -0.3 is 20.3 Å². The van der Waals surface area contributed by atoms with Crippen molar-refractivity contribution in [2.24, 2.45) is 11.8 Å². The lowest BCUT2D eigenvalue weighted by Crippen LogP contribution is -2.60. The number of carbonyl (C=O) groups excluding carboxylic acids is 3. The average Bonchev–Trinajstić information content (AvgIpc) is 3.25. The van der Waals surface area contributed by atoms with Gasteiger partial charge in [0.05, 0.1) is 6.04 Å². The van der Waals surface area contributed by atoms with Gasteiger partial charge in [0.1, 0.15) is 23.9 Å². The van der Waals surface area contributed by atoms with E-state index in [1.807, 2.05) is 57.1 Å². The molecule has 3 aliphatic rings. The quantitative estimate of drug-likeness (QED) is 0.648. The highest BCUT2D eigenvalue weighted by molar-refractivity contribution is 5.94. The SMILES string of the molecule is CC[C@@H](C)[C@@H](C(=O)N1CC[C@@H]2Oc3ccc(cc3)/C=C\NC(=O)[C@H]([C@@H](C)CC)NC(=O)[C@H]21)N(C)C. The fourth-order valence-electron chi connectivity index (χ4n) is 4.89. The first-order valence-electron chi connectivity index (χ1n) is 12.7. The summed E-state index contributed by atoms with van der Waals surface area (Å²) in [4.78, 5) is 44.1. The molecule has 1 fully saturated rings. The second-order valence-corrected chi connectivity index (χ2v) is 10.00. The number of nitrogens with zero attached hydrogens (tertiary/aromatic N) is 2. The Labute approximate surface area is 209 Å². The van der Waals surface area contributed by atoms with E-state index < -0.39 is 18.2 Å². The standard InChI is InChI=1S/C27H40N4O4/c1-7-17(3)22-25(32)28-15-13-19-9-11-20(12-10-19)35-21-14-16-31(24(21)26(33)29-22)27(34)23(30(5)6)18(4)8-2/h9-13,15,17-18,21-24H,7-8,14,16H2,1-6H3,(H,28,32)(H,29,33)/b15-13-/t17-,18+,21-,22-,23-,24-/m0/s1. The summed E-state index contributed by atoms with van der Waals surface area (Å²) in [7, 11) is 3.79. The van der Waals surface area contributed by atoms with Gasteiger partial charge in [-0.15, -0.1) is 0 Å². The van der Waals surface area contributed by atoms with Gasteiger partial charge in [-0.3, -0.25) is 19.3 Å². The van der Waals surface area contributed by atoms with Crippen LogP contribution in [0.4, 0.5) is 0 Å². The fourth-order valence-corrected chi connectivity index (χ4v) is 4.89. The highest BCUT2D eigenvalue weighted by Crippen LogP contribution is 2.28. The Hall–Kier alpha value is -2.87. The first-order chi connectivity index (χ1) is 16.7. The number of carbonyl (C=O) groups is 3. The van der Waals surface area contributed by atoms with Crippen LogP contribution in [0.3, 0.4) is 0 Å². The van der Waals surface area contributed by atoms with Gasteiger partial charge in [0, 0.05) is 19.2 Å². The maximum atomic E-state index is 13.8. The molecule has 4 rings (SSSR count). The molecular weight excluding hydrogens is 444 g/mol. The highest BCUT2D eigenvalue weighted by atomic mass is 16.5. The highest BCUT2D eigenvalue weighted by Gasteiger charge is 2.47. The van der Waals surface area contributed by atoms with E-state index in [0.717, 1.165) is 12.0 Å². The van der Waals surface area contributed by atoms with Crippen LogP contribution in [0.2, 0.25) is 0 Å². The Morgan fingerprint density at radius 2 is 1.80 bits per heavy atom. The van der Waals surface area contributed by atoms with Crippen LogP contribution in [-0.2, 0) is 14.4 Å². The van der Waals surface area contributed by atoms with Crippen molar-refractivity contribution in [1.29, 1.82) is 0 Å². The normalized spacial score (nSPS) is 26.1. The van der Waals surface area contributed by atoms with E-state index in [1.165, 1.54) is 0 Å². The lowest BCUT2D eigenvalue weighted by atomic mass is 9.96. The third-order valence-corrected chi connectivity index (χ3v) is 7.35. The molecule has 3 amide bonds. The molecule has 0 spiro atoms. The molecule has 0 unspecified atom stereocenters. The molecule has 0 radical (unpaired) electrons. The van der Waals surface area contributed by atoms with Crippen LogP contribution in [0.1, 0.15) is 52.5 Å². The number of rotatable bonds is 6. The number of amides is 3. The van der Waals surface area contributed by atoms with Crippen molar-refractivity contribution in [2.75, 3.05) is 20.6 Å². The summed E-state index contributed by atoms with van der Waals surface area (Å²) in [6.45, 7) is 8.45. The maximum absolute atomic E-state index is 13.8. The minimum atomic E-state index is -0.827. The molecule has 8 heteroatoms. The van der Waals surface area contributed by atoms with Crippen LogP contribution >= 0.6 is 0 Å². The van der Waals surface area contributed by atoms with E-state index >= 15 is 0 Å². The van der Waals surface area contributed by atoms with Crippen molar-refractivity contribution in [3.63, 3.8) is 0 Å². The number of hydrogen-bond donors (Lipinski definition) is 2. The molecule has 1 aromatic carbocycles.